The van der Waals surface area contributed by atoms with E-state index in [4.69, 9.17) is 27.9 Å². The van der Waals surface area contributed by atoms with E-state index in [1.54, 1.807) is 48.2 Å². The van der Waals surface area contributed by atoms with Gasteiger partial charge in [0, 0.05) is 28.1 Å². The van der Waals surface area contributed by atoms with Crippen molar-refractivity contribution in [3.8, 4) is 5.75 Å². The third-order valence-electron chi connectivity index (χ3n) is 3.96. The molecule has 0 aliphatic carbocycles. The SMILES string of the molecule is CCOc1ccccc1N(CC(=O)NCCSCc1ccc(Cl)cc1Cl)S(C)(=O)=O. The van der Waals surface area contributed by atoms with Gasteiger partial charge in [-0.1, -0.05) is 41.4 Å². The second-order valence-electron chi connectivity index (χ2n) is 6.31. The first-order chi connectivity index (χ1) is 14.2. The zero-order chi connectivity index (χ0) is 22.1. The summed E-state index contributed by atoms with van der Waals surface area (Å²) in [6.07, 6.45) is 1.06. The van der Waals surface area contributed by atoms with Crippen molar-refractivity contribution in [2.45, 2.75) is 12.7 Å². The fourth-order valence-electron chi connectivity index (χ4n) is 2.59. The molecule has 0 aromatic heterocycles. The van der Waals surface area contributed by atoms with Gasteiger partial charge in [-0.25, -0.2) is 8.42 Å². The number of thioether (sulfide) groups is 1. The van der Waals surface area contributed by atoms with Gasteiger partial charge in [0.2, 0.25) is 15.9 Å². The van der Waals surface area contributed by atoms with Crippen molar-refractivity contribution in [2.24, 2.45) is 0 Å². The molecule has 1 amide bonds. The highest BCUT2D eigenvalue weighted by atomic mass is 35.5. The molecule has 0 saturated heterocycles. The fourth-order valence-corrected chi connectivity index (χ4v) is 4.87. The van der Waals surface area contributed by atoms with Crippen LogP contribution in [0.15, 0.2) is 42.5 Å². The van der Waals surface area contributed by atoms with Gasteiger partial charge in [-0.05, 0) is 36.8 Å². The van der Waals surface area contributed by atoms with E-state index in [2.05, 4.69) is 5.32 Å². The van der Waals surface area contributed by atoms with Crippen molar-refractivity contribution in [1.29, 1.82) is 0 Å². The van der Waals surface area contributed by atoms with Crippen LogP contribution >= 0.6 is 35.0 Å². The maximum atomic E-state index is 12.4. The molecular weight excluding hydrogens is 467 g/mol. The van der Waals surface area contributed by atoms with Gasteiger partial charge in [0.15, 0.2) is 0 Å². The molecule has 10 heteroatoms. The fraction of sp³-hybridized carbons (Fsp3) is 0.350. The Morgan fingerprint density at radius 1 is 1.20 bits per heavy atom. The van der Waals surface area contributed by atoms with Gasteiger partial charge >= 0.3 is 0 Å². The van der Waals surface area contributed by atoms with Crippen LogP contribution in [-0.4, -0.2) is 46.0 Å². The number of amides is 1. The summed E-state index contributed by atoms with van der Waals surface area (Å²) in [6, 6.07) is 12.1. The minimum Gasteiger partial charge on any atom is -0.492 e. The Hall–Kier alpha value is -1.61. The highest BCUT2D eigenvalue weighted by molar-refractivity contribution is 7.98. The average Bonchev–Trinajstić information content (AvgIpc) is 2.67. The van der Waals surface area contributed by atoms with Crippen molar-refractivity contribution in [1.82, 2.24) is 5.32 Å². The highest BCUT2D eigenvalue weighted by Gasteiger charge is 2.23. The smallest absolute Gasteiger partial charge is 0.240 e. The first kappa shape index (κ1) is 24.7. The number of nitrogens with one attached hydrogen (secondary N) is 1. The minimum atomic E-state index is -3.67. The predicted molar refractivity (Wildman–Crippen MR) is 125 cm³/mol. The van der Waals surface area contributed by atoms with E-state index in [0.717, 1.165) is 16.1 Å². The number of nitrogens with zero attached hydrogens (tertiary/aromatic N) is 1. The van der Waals surface area contributed by atoms with Crippen LogP contribution in [0.25, 0.3) is 0 Å². The maximum absolute atomic E-state index is 12.4. The molecule has 6 nitrogen and oxygen atoms in total. The molecule has 30 heavy (non-hydrogen) atoms. The van der Waals surface area contributed by atoms with Crippen LogP contribution in [0, 0.1) is 0 Å². The van der Waals surface area contributed by atoms with E-state index in [9.17, 15) is 13.2 Å². The summed E-state index contributed by atoms with van der Waals surface area (Å²) >= 11 is 13.6. The van der Waals surface area contributed by atoms with Crippen molar-refractivity contribution in [3.05, 3.63) is 58.1 Å². The van der Waals surface area contributed by atoms with Gasteiger partial charge in [0.1, 0.15) is 12.3 Å². The van der Waals surface area contributed by atoms with Crippen LogP contribution in [0.4, 0.5) is 5.69 Å². The molecule has 2 aromatic carbocycles. The van der Waals surface area contributed by atoms with E-state index >= 15 is 0 Å². The quantitative estimate of drug-likeness (QED) is 0.477. The largest absolute Gasteiger partial charge is 0.492 e. The van der Waals surface area contributed by atoms with Gasteiger partial charge in [-0.2, -0.15) is 11.8 Å². The molecule has 0 fully saturated rings. The lowest BCUT2D eigenvalue weighted by Crippen LogP contribution is -2.41. The Bertz CT molecular complexity index is 971. The molecular formula is C20H24Cl2N2O4S2. The summed E-state index contributed by atoms with van der Waals surface area (Å²) in [5.74, 6) is 1.35. The standard InChI is InChI=1S/C20H24Cl2N2O4S2/c1-3-28-19-7-5-4-6-18(19)24(30(2,26)27)13-20(25)23-10-11-29-14-15-8-9-16(21)12-17(15)22/h4-9,12H,3,10-11,13-14H2,1-2H3,(H,23,25). The second kappa shape index (κ2) is 11.7. The molecule has 0 atom stereocenters. The molecule has 0 radical (unpaired) electrons. The van der Waals surface area contributed by atoms with E-state index in [1.165, 1.54) is 0 Å². The lowest BCUT2D eigenvalue weighted by molar-refractivity contribution is -0.119. The monoisotopic (exact) mass is 490 g/mol. The molecule has 1 N–H and O–H groups in total. The molecule has 0 saturated carbocycles. The normalized spacial score (nSPS) is 11.2. The van der Waals surface area contributed by atoms with Crippen molar-refractivity contribution in [3.63, 3.8) is 0 Å². The number of para-hydroxylation sites is 2. The summed E-state index contributed by atoms with van der Waals surface area (Å²) in [7, 11) is -3.67. The van der Waals surface area contributed by atoms with Gasteiger partial charge in [-0.3, -0.25) is 9.10 Å². The van der Waals surface area contributed by atoms with Crippen LogP contribution in [-0.2, 0) is 20.6 Å². The van der Waals surface area contributed by atoms with Gasteiger partial charge in [0.05, 0.1) is 18.6 Å². The molecule has 2 rings (SSSR count). The summed E-state index contributed by atoms with van der Waals surface area (Å²) in [6.45, 7) is 2.27. The third-order valence-corrected chi connectivity index (χ3v) is 6.68. The Kier molecular flexibility index (Phi) is 9.61. The summed E-state index contributed by atoms with van der Waals surface area (Å²) < 4.78 is 31.1. The number of carbonyl (C=O) groups is 1. The van der Waals surface area contributed by atoms with Crippen LogP contribution in [0.2, 0.25) is 10.0 Å². The summed E-state index contributed by atoms with van der Waals surface area (Å²) in [5, 5.41) is 3.95. The number of anilines is 1. The number of halogens is 2. The zero-order valence-electron chi connectivity index (χ0n) is 16.7. The van der Waals surface area contributed by atoms with Crippen molar-refractivity contribution >= 4 is 56.6 Å². The van der Waals surface area contributed by atoms with Gasteiger partial charge in [-0.15, -0.1) is 0 Å². The highest BCUT2D eigenvalue weighted by Crippen LogP contribution is 2.29. The first-order valence-electron chi connectivity index (χ1n) is 9.20. The van der Waals surface area contributed by atoms with E-state index in [1.807, 2.05) is 13.0 Å². The Morgan fingerprint density at radius 2 is 1.93 bits per heavy atom. The third kappa shape index (κ3) is 7.58. The topological polar surface area (TPSA) is 75.7 Å². The minimum absolute atomic E-state index is 0.323. The Morgan fingerprint density at radius 3 is 2.60 bits per heavy atom. The summed E-state index contributed by atoms with van der Waals surface area (Å²) in [5.41, 5.74) is 1.30. The summed E-state index contributed by atoms with van der Waals surface area (Å²) in [4.78, 5) is 12.4. The molecule has 2 aromatic rings. The van der Waals surface area contributed by atoms with Crippen LogP contribution in [0.3, 0.4) is 0 Å². The number of hydrogen-bond acceptors (Lipinski definition) is 5. The molecule has 0 unspecified atom stereocenters. The molecule has 0 heterocycles. The molecule has 0 aliphatic heterocycles. The van der Waals surface area contributed by atoms with Gasteiger partial charge < -0.3 is 10.1 Å². The van der Waals surface area contributed by atoms with Gasteiger partial charge in [0.25, 0.3) is 0 Å². The Labute approximate surface area is 191 Å². The predicted octanol–water partition coefficient (Wildman–Crippen LogP) is 4.21. The first-order valence-corrected chi connectivity index (χ1v) is 13.0. The lowest BCUT2D eigenvalue weighted by atomic mass is 10.2. The van der Waals surface area contributed by atoms with E-state index < -0.39 is 15.9 Å². The maximum Gasteiger partial charge on any atom is 0.240 e. The number of hydrogen-bond donors (Lipinski definition) is 1. The zero-order valence-corrected chi connectivity index (χ0v) is 19.9. The second-order valence-corrected chi connectivity index (χ2v) is 10.2. The number of carbonyl (C=O) groups excluding carboxylic acids is 1. The molecule has 0 spiro atoms. The van der Waals surface area contributed by atoms with Crippen LogP contribution in [0.1, 0.15) is 12.5 Å². The van der Waals surface area contributed by atoms with Crippen LogP contribution < -0.4 is 14.4 Å². The molecule has 0 bridgehead atoms. The lowest BCUT2D eigenvalue weighted by Gasteiger charge is -2.24. The molecule has 0 aliphatic rings. The van der Waals surface area contributed by atoms with Crippen LogP contribution in [0.5, 0.6) is 5.75 Å². The Balaban J connectivity index is 1.89. The van der Waals surface area contributed by atoms with E-state index in [0.29, 0.717) is 46.1 Å². The number of ether oxygens (including phenoxy) is 1. The van der Waals surface area contributed by atoms with Crippen molar-refractivity contribution < 1.29 is 17.9 Å². The average molecular weight is 491 g/mol. The number of rotatable bonds is 11. The number of benzene rings is 2. The van der Waals surface area contributed by atoms with Crippen molar-refractivity contribution in [2.75, 3.05) is 36.0 Å². The number of sulfonamides is 1. The van der Waals surface area contributed by atoms with E-state index in [-0.39, 0.29) is 6.54 Å². The molecule has 164 valence electrons.